The van der Waals surface area contributed by atoms with Crippen molar-refractivity contribution in [1.29, 1.82) is 0 Å². The fourth-order valence-corrected chi connectivity index (χ4v) is 4.23. The van der Waals surface area contributed by atoms with Gasteiger partial charge in [-0.15, -0.1) is 11.3 Å². The van der Waals surface area contributed by atoms with Crippen LogP contribution in [0.1, 0.15) is 59.9 Å². The number of nitrogens with zero attached hydrogens (tertiary/aromatic N) is 1. The van der Waals surface area contributed by atoms with Gasteiger partial charge in [-0.05, 0) is 17.8 Å². The Morgan fingerprint density at radius 1 is 1.19 bits per heavy atom. The normalized spacial score (nSPS) is 14.0. The molecule has 0 saturated carbocycles. The summed E-state index contributed by atoms with van der Waals surface area (Å²) in [5, 5.41) is 2.94. The van der Waals surface area contributed by atoms with Gasteiger partial charge in [-0.3, -0.25) is 4.79 Å². The number of allylic oxidation sites excluding steroid dienone is 1. The highest BCUT2D eigenvalue weighted by Crippen LogP contribution is 2.28. The van der Waals surface area contributed by atoms with Crippen LogP contribution in [0.15, 0.2) is 18.7 Å². The fourth-order valence-electron chi connectivity index (χ4n) is 2.91. The van der Waals surface area contributed by atoms with Crippen molar-refractivity contribution < 1.29 is 9.53 Å². The van der Waals surface area contributed by atoms with E-state index in [0.29, 0.717) is 12.2 Å². The Balaban J connectivity index is 2.63. The number of benzene rings is 1. The van der Waals surface area contributed by atoms with Crippen molar-refractivity contribution in [2.45, 2.75) is 61.3 Å². The molecule has 1 heterocycles. The Morgan fingerprint density at radius 3 is 2.37 bits per heavy atom. The van der Waals surface area contributed by atoms with Crippen molar-refractivity contribution >= 4 is 39.7 Å². The zero-order valence-electron chi connectivity index (χ0n) is 17.6. The lowest BCUT2D eigenvalue weighted by Crippen LogP contribution is -2.29. The minimum Gasteiger partial charge on any atom is -0.426 e. The number of fused-ring (bicyclic) bond motifs is 1. The smallest absolute Gasteiger partial charge is 0.311 e. The summed E-state index contributed by atoms with van der Waals surface area (Å²) in [6, 6.07) is 1.95. The van der Waals surface area contributed by atoms with E-state index in [4.69, 9.17) is 9.72 Å². The van der Waals surface area contributed by atoms with Crippen molar-refractivity contribution in [3.63, 3.8) is 0 Å². The van der Waals surface area contributed by atoms with Crippen LogP contribution in [0.25, 0.3) is 22.4 Å². The summed E-state index contributed by atoms with van der Waals surface area (Å²) in [6.45, 7) is 18.5. The maximum atomic E-state index is 12.4. The minimum atomic E-state index is -0.220. The number of esters is 1. The van der Waals surface area contributed by atoms with Gasteiger partial charge in [0.1, 0.15) is 5.75 Å². The van der Waals surface area contributed by atoms with Crippen LogP contribution in [0.5, 0.6) is 5.75 Å². The molecule has 0 N–H and O–H groups in total. The van der Waals surface area contributed by atoms with Gasteiger partial charge in [-0.25, -0.2) is 4.98 Å². The Morgan fingerprint density at radius 2 is 1.85 bits per heavy atom. The van der Waals surface area contributed by atoms with Crippen LogP contribution in [-0.2, 0) is 11.2 Å². The van der Waals surface area contributed by atoms with Gasteiger partial charge < -0.3 is 4.74 Å². The number of aromatic nitrogens is 1. The van der Waals surface area contributed by atoms with Gasteiger partial charge in [-0.2, -0.15) is 0 Å². The molecule has 0 amide bonds. The molecule has 2 aromatic rings. The van der Waals surface area contributed by atoms with E-state index in [1.54, 1.807) is 17.4 Å². The quantitative estimate of drug-likeness (QED) is 0.549. The average Bonchev–Trinajstić information content (AvgIpc) is 2.85. The highest BCUT2D eigenvalue weighted by Gasteiger charge is 2.20. The van der Waals surface area contributed by atoms with Crippen molar-refractivity contribution in [2.75, 3.05) is 0 Å². The SMILES string of the molecule is C=CC=c1c(OC(=O)CC(C)(C)C)cc2sc(CC(C)(C)C)nc2c1=CC. The second-order valence-electron chi connectivity index (χ2n) is 9.30. The number of carbonyl (C=O) groups excluding carboxylic acids is 1. The number of ether oxygens (including phenoxy) is 1. The van der Waals surface area contributed by atoms with Gasteiger partial charge in [0.2, 0.25) is 0 Å². The summed E-state index contributed by atoms with van der Waals surface area (Å²) in [6.07, 6.45) is 6.91. The maximum absolute atomic E-state index is 12.4. The monoisotopic (exact) mass is 385 g/mol. The molecule has 0 saturated heterocycles. The highest BCUT2D eigenvalue weighted by atomic mass is 32.1. The van der Waals surface area contributed by atoms with Crippen molar-refractivity contribution in [2.24, 2.45) is 10.8 Å². The van der Waals surface area contributed by atoms with Gasteiger partial charge in [-0.1, -0.05) is 66.3 Å². The molecule has 146 valence electrons. The zero-order chi connectivity index (χ0) is 20.4. The van der Waals surface area contributed by atoms with Crippen LogP contribution in [0.2, 0.25) is 0 Å². The van der Waals surface area contributed by atoms with Crippen molar-refractivity contribution in [3.8, 4) is 5.75 Å². The molecule has 0 spiro atoms. The minimum absolute atomic E-state index is 0.117. The van der Waals surface area contributed by atoms with Crippen LogP contribution in [0.3, 0.4) is 0 Å². The number of hydrogen-bond acceptors (Lipinski definition) is 4. The molecule has 1 aromatic heterocycles. The van der Waals surface area contributed by atoms with Crippen LogP contribution >= 0.6 is 11.3 Å². The van der Waals surface area contributed by atoms with Crippen LogP contribution in [0.4, 0.5) is 0 Å². The maximum Gasteiger partial charge on any atom is 0.311 e. The van der Waals surface area contributed by atoms with E-state index in [0.717, 1.165) is 32.1 Å². The van der Waals surface area contributed by atoms with Gasteiger partial charge in [0.15, 0.2) is 0 Å². The molecular weight excluding hydrogens is 354 g/mol. The molecule has 0 radical (unpaired) electrons. The first kappa shape index (κ1) is 21.4. The third-order valence-electron chi connectivity index (χ3n) is 3.92. The number of rotatable bonds is 4. The van der Waals surface area contributed by atoms with E-state index in [1.165, 1.54) is 0 Å². The summed E-state index contributed by atoms with van der Waals surface area (Å²) in [5.74, 6) is 0.359. The summed E-state index contributed by atoms with van der Waals surface area (Å²) in [5.41, 5.74) is 1.01. The number of carbonyl (C=O) groups is 1. The lowest BCUT2D eigenvalue weighted by Gasteiger charge is -2.16. The highest BCUT2D eigenvalue weighted by molar-refractivity contribution is 7.18. The molecule has 0 bridgehead atoms. The topological polar surface area (TPSA) is 39.2 Å². The third-order valence-corrected chi connectivity index (χ3v) is 4.93. The first-order valence-electron chi connectivity index (χ1n) is 9.36. The second kappa shape index (κ2) is 7.97. The van der Waals surface area contributed by atoms with E-state index < -0.39 is 0 Å². The van der Waals surface area contributed by atoms with Gasteiger partial charge in [0.05, 0.1) is 21.6 Å². The van der Waals surface area contributed by atoms with Gasteiger partial charge in [0.25, 0.3) is 0 Å². The van der Waals surface area contributed by atoms with E-state index in [-0.39, 0.29) is 16.8 Å². The second-order valence-corrected chi connectivity index (χ2v) is 10.4. The summed E-state index contributed by atoms with van der Waals surface area (Å²) in [4.78, 5) is 17.3. The predicted molar refractivity (Wildman–Crippen MR) is 117 cm³/mol. The van der Waals surface area contributed by atoms with Crippen LogP contribution in [-0.4, -0.2) is 11.0 Å². The largest absolute Gasteiger partial charge is 0.426 e. The lowest BCUT2D eigenvalue weighted by molar-refractivity contribution is -0.136. The average molecular weight is 386 g/mol. The molecule has 0 aliphatic rings. The Hall–Kier alpha value is -1.94. The lowest BCUT2D eigenvalue weighted by atomic mass is 9.92. The van der Waals surface area contributed by atoms with Gasteiger partial charge >= 0.3 is 5.97 Å². The van der Waals surface area contributed by atoms with E-state index in [9.17, 15) is 4.79 Å². The molecule has 0 fully saturated rings. The first-order chi connectivity index (χ1) is 12.4. The van der Waals surface area contributed by atoms with E-state index >= 15 is 0 Å². The Bertz CT molecular complexity index is 969. The van der Waals surface area contributed by atoms with Crippen LogP contribution < -0.4 is 15.2 Å². The van der Waals surface area contributed by atoms with Crippen LogP contribution in [0, 0.1) is 10.8 Å². The molecule has 0 aliphatic carbocycles. The zero-order valence-corrected chi connectivity index (χ0v) is 18.4. The predicted octanol–water partition coefficient (Wildman–Crippen LogP) is 4.99. The number of thiazole rings is 1. The van der Waals surface area contributed by atoms with Crippen molar-refractivity contribution in [3.05, 3.63) is 34.2 Å². The first-order valence-corrected chi connectivity index (χ1v) is 10.2. The molecule has 0 atom stereocenters. The fraction of sp³-hybridized carbons (Fsp3) is 0.478. The standard InChI is InChI=1S/C23H31NO2S/c1-9-11-16-15(10-2)21-18(27-19(24-21)13-22(3,4)5)12-17(16)26-20(25)14-23(6,7)8/h9-12H,1,13-14H2,2-8H3. The molecule has 2 rings (SSSR count). The summed E-state index contributed by atoms with van der Waals surface area (Å²) in [7, 11) is 0. The number of hydrogen-bond donors (Lipinski definition) is 0. The molecule has 0 unspecified atom stereocenters. The van der Waals surface area contributed by atoms with E-state index in [2.05, 4.69) is 27.4 Å². The molecule has 27 heavy (non-hydrogen) atoms. The Kier molecular flexibility index (Phi) is 6.31. The molecule has 4 heteroatoms. The molecule has 3 nitrogen and oxygen atoms in total. The molecular formula is C23H31NO2S. The Labute approximate surface area is 166 Å². The molecule has 0 aliphatic heterocycles. The summed E-state index contributed by atoms with van der Waals surface area (Å²) < 4.78 is 6.82. The van der Waals surface area contributed by atoms with Crippen molar-refractivity contribution in [1.82, 2.24) is 4.98 Å². The molecule has 1 aromatic carbocycles. The van der Waals surface area contributed by atoms with E-state index in [1.807, 2.05) is 45.9 Å². The summed E-state index contributed by atoms with van der Waals surface area (Å²) >= 11 is 1.67. The van der Waals surface area contributed by atoms with Gasteiger partial charge in [0, 0.05) is 22.9 Å². The third kappa shape index (κ3) is 5.77.